The molecule has 0 aliphatic heterocycles. The van der Waals surface area contributed by atoms with Crippen molar-refractivity contribution < 1.29 is 9.21 Å². The van der Waals surface area contributed by atoms with E-state index in [4.69, 9.17) is 4.42 Å². The van der Waals surface area contributed by atoms with Crippen LogP contribution in [0.5, 0.6) is 0 Å². The fraction of sp³-hybridized carbons (Fsp3) is 0.158. The smallest absolute Gasteiger partial charge is 0.322 e. The van der Waals surface area contributed by atoms with Gasteiger partial charge >= 0.3 is 6.01 Å². The fourth-order valence-electron chi connectivity index (χ4n) is 2.54. The molecule has 0 atom stereocenters. The second-order valence-corrected chi connectivity index (χ2v) is 8.06. The highest BCUT2D eigenvalue weighted by Gasteiger charge is 2.16. The Morgan fingerprint density at radius 3 is 2.74 bits per heavy atom. The van der Waals surface area contributed by atoms with E-state index in [9.17, 15) is 4.79 Å². The van der Waals surface area contributed by atoms with Gasteiger partial charge in [-0.1, -0.05) is 36.3 Å². The van der Waals surface area contributed by atoms with Gasteiger partial charge in [0.2, 0.25) is 5.89 Å². The zero-order valence-corrected chi connectivity index (χ0v) is 16.1. The van der Waals surface area contributed by atoms with Crippen LogP contribution in [0.25, 0.3) is 10.2 Å². The first-order valence-corrected chi connectivity index (χ1v) is 10.2. The summed E-state index contributed by atoms with van der Waals surface area (Å²) in [6, 6.07) is 15.9. The number of carbonyl (C=O) groups excluding carboxylic acids is 1. The molecule has 2 heterocycles. The zero-order valence-electron chi connectivity index (χ0n) is 14.5. The van der Waals surface area contributed by atoms with Gasteiger partial charge in [0.05, 0.1) is 16.6 Å². The van der Waals surface area contributed by atoms with Crippen LogP contribution in [0.4, 0.5) is 6.01 Å². The minimum Gasteiger partial charge on any atom is -0.407 e. The number of thioether (sulfide) groups is 1. The van der Waals surface area contributed by atoms with Crippen molar-refractivity contribution in [3.63, 3.8) is 0 Å². The lowest BCUT2D eigenvalue weighted by atomic mass is 10.1. The molecule has 27 heavy (non-hydrogen) atoms. The van der Waals surface area contributed by atoms with Gasteiger partial charge < -0.3 is 4.42 Å². The lowest BCUT2D eigenvalue weighted by Gasteiger charge is -2.00. The van der Waals surface area contributed by atoms with Gasteiger partial charge in [0.15, 0.2) is 5.01 Å². The van der Waals surface area contributed by atoms with Gasteiger partial charge in [-0.25, -0.2) is 4.98 Å². The van der Waals surface area contributed by atoms with Crippen LogP contribution in [0.1, 0.15) is 28.2 Å². The second-order valence-electron chi connectivity index (χ2n) is 5.70. The molecule has 0 bridgehead atoms. The van der Waals surface area contributed by atoms with Crippen LogP contribution in [-0.2, 0) is 6.42 Å². The van der Waals surface area contributed by atoms with E-state index in [-0.39, 0.29) is 11.9 Å². The first-order chi connectivity index (χ1) is 13.2. The molecule has 2 aromatic carbocycles. The van der Waals surface area contributed by atoms with Crippen LogP contribution < -0.4 is 5.32 Å². The third kappa shape index (κ3) is 4.17. The molecule has 1 N–H and O–H groups in total. The van der Waals surface area contributed by atoms with Gasteiger partial charge in [0.1, 0.15) is 0 Å². The molecular formula is C19H16N4O2S2. The maximum Gasteiger partial charge on any atom is 0.322 e. The Morgan fingerprint density at radius 2 is 1.96 bits per heavy atom. The summed E-state index contributed by atoms with van der Waals surface area (Å²) in [5.41, 5.74) is 1.87. The Morgan fingerprint density at radius 1 is 1.15 bits per heavy atom. The van der Waals surface area contributed by atoms with E-state index in [0.29, 0.717) is 17.3 Å². The summed E-state index contributed by atoms with van der Waals surface area (Å²) in [7, 11) is 0. The topological polar surface area (TPSA) is 80.9 Å². The van der Waals surface area contributed by atoms with E-state index in [0.717, 1.165) is 21.5 Å². The number of nitrogens with one attached hydrogen (secondary N) is 1. The minimum atomic E-state index is -0.354. The number of hydrogen-bond acceptors (Lipinski definition) is 7. The van der Waals surface area contributed by atoms with E-state index in [2.05, 4.69) is 39.6 Å². The summed E-state index contributed by atoms with van der Waals surface area (Å²) in [6.45, 7) is 2.13. The van der Waals surface area contributed by atoms with Gasteiger partial charge in [-0.3, -0.25) is 10.1 Å². The molecule has 0 saturated carbocycles. The third-order valence-corrected chi connectivity index (χ3v) is 5.69. The monoisotopic (exact) mass is 396 g/mol. The normalized spacial score (nSPS) is 11.0. The quantitative estimate of drug-likeness (QED) is 0.479. The lowest BCUT2D eigenvalue weighted by molar-refractivity contribution is 0.102. The second kappa shape index (κ2) is 7.89. The van der Waals surface area contributed by atoms with Gasteiger partial charge in [-0.15, -0.1) is 28.2 Å². The molecule has 0 fully saturated rings. The number of benzene rings is 2. The van der Waals surface area contributed by atoms with Gasteiger partial charge in [0, 0.05) is 4.90 Å². The van der Waals surface area contributed by atoms with Gasteiger partial charge in [-0.2, -0.15) is 0 Å². The highest BCUT2D eigenvalue weighted by atomic mass is 32.2. The van der Waals surface area contributed by atoms with E-state index >= 15 is 0 Å². The van der Waals surface area contributed by atoms with E-state index in [1.165, 1.54) is 16.2 Å². The van der Waals surface area contributed by atoms with Crippen molar-refractivity contribution in [1.82, 2.24) is 15.2 Å². The average Bonchev–Trinajstić information content (AvgIpc) is 3.30. The standard InChI is InChI=1S/C19H16N4O2S2/c1-2-26-13-9-7-12(8-10-13)11-16-22-23-19(25-16)21-17(24)18-20-14-5-3-4-6-15(14)27-18/h3-10H,2,11H2,1H3,(H,21,23,24). The predicted octanol–water partition coefficient (Wildman–Crippen LogP) is 4.63. The van der Waals surface area contributed by atoms with Crippen molar-refractivity contribution in [2.75, 3.05) is 11.1 Å². The van der Waals surface area contributed by atoms with Crippen LogP contribution >= 0.6 is 23.1 Å². The first-order valence-electron chi connectivity index (χ1n) is 8.42. The molecule has 0 unspecified atom stereocenters. The molecule has 2 aromatic heterocycles. The molecule has 8 heteroatoms. The number of nitrogens with zero attached hydrogens (tertiary/aromatic N) is 3. The number of aromatic nitrogens is 3. The number of anilines is 1. The van der Waals surface area contributed by atoms with E-state index < -0.39 is 0 Å². The third-order valence-electron chi connectivity index (χ3n) is 3.77. The van der Waals surface area contributed by atoms with Crippen molar-refractivity contribution in [3.8, 4) is 0 Å². The average molecular weight is 396 g/mol. The predicted molar refractivity (Wildman–Crippen MR) is 108 cm³/mol. The number of thiazole rings is 1. The SMILES string of the molecule is CCSc1ccc(Cc2nnc(NC(=O)c3nc4ccccc4s3)o2)cc1. The van der Waals surface area contributed by atoms with Crippen LogP contribution in [-0.4, -0.2) is 26.8 Å². The van der Waals surface area contributed by atoms with Crippen molar-refractivity contribution >= 4 is 45.2 Å². The Labute approximate surface area is 164 Å². The van der Waals surface area contributed by atoms with Crippen molar-refractivity contribution in [2.24, 2.45) is 0 Å². The van der Waals surface area contributed by atoms with Crippen LogP contribution in [0, 0.1) is 0 Å². The van der Waals surface area contributed by atoms with E-state index in [1.807, 2.05) is 36.4 Å². The summed E-state index contributed by atoms with van der Waals surface area (Å²) in [6.07, 6.45) is 0.515. The Balaban J connectivity index is 1.42. The Bertz CT molecular complexity index is 1040. The summed E-state index contributed by atoms with van der Waals surface area (Å²) in [4.78, 5) is 17.9. The number of rotatable bonds is 6. The zero-order chi connectivity index (χ0) is 18.6. The number of amides is 1. The number of fused-ring (bicyclic) bond motifs is 1. The molecule has 0 aliphatic rings. The van der Waals surface area contributed by atoms with Crippen LogP contribution in [0.15, 0.2) is 57.8 Å². The highest BCUT2D eigenvalue weighted by Crippen LogP contribution is 2.23. The highest BCUT2D eigenvalue weighted by molar-refractivity contribution is 7.99. The van der Waals surface area contributed by atoms with Gasteiger partial charge in [0.25, 0.3) is 5.91 Å². The molecule has 6 nitrogen and oxygen atoms in total. The summed E-state index contributed by atoms with van der Waals surface area (Å²) in [5.74, 6) is 1.14. The molecule has 136 valence electrons. The lowest BCUT2D eigenvalue weighted by Crippen LogP contribution is -2.11. The largest absolute Gasteiger partial charge is 0.407 e. The van der Waals surface area contributed by atoms with Crippen LogP contribution in [0.2, 0.25) is 0 Å². The summed E-state index contributed by atoms with van der Waals surface area (Å²) < 4.78 is 6.51. The Hall–Kier alpha value is -2.71. The summed E-state index contributed by atoms with van der Waals surface area (Å²) in [5, 5.41) is 10.9. The molecule has 1 amide bonds. The van der Waals surface area contributed by atoms with E-state index in [1.54, 1.807) is 11.8 Å². The molecule has 0 spiro atoms. The van der Waals surface area contributed by atoms with Crippen LogP contribution in [0.3, 0.4) is 0 Å². The summed E-state index contributed by atoms with van der Waals surface area (Å²) >= 11 is 3.12. The molecule has 4 aromatic rings. The molecule has 0 radical (unpaired) electrons. The van der Waals surface area contributed by atoms with Crippen molar-refractivity contribution in [2.45, 2.75) is 18.2 Å². The minimum absolute atomic E-state index is 0.0763. The first kappa shape index (κ1) is 17.7. The maximum absolute atomic E-state index is 12.4. The number of carbonyl (C=O) groups is 1. The molecular weight excluding hydrogens is 380 g/mol. The number of hydrogen-bond donors (Lipinski definition) is 1. The molecule has 0 aliphatic carbocycles. The fourth-order valence-corrected chi connectivity index (χ4v) is 4.06. The molecule has 0 saturated heterocycles. The number of para-hydroxylation sites is 1. The molecule has 4 rings (SSSR count). The van der Waals surface area contributed by atoms with Crippen molar-refractivity contribution in [3.05, 3.63) is 65.0 Å². The maximum atomic E-state index is 12.4. The van der Waals surface area contributed by atoms with Gasteiger partial charge in [-0.05, 0) is 35.6 Å². The Kier molecular flexibility index (Phi) is 5.17. The van der Waals surface area contributed by atoms with Crippen molar-refractivity contribution in [1.29, 1.82) is 0 Å².